The van der Waals surface area contributed by atoms with E-state index in [4.69, 9.17) is 4.74 Å². The molecular formula is C21H27N5O4S. The molecule has 4 rings (SSSR count). The fourth-order valence-corrected chi connectivity index (χ4v) is 5.35. The van der Waals surface area contributed by atoms with Crippen LogP contribution >= 0.6 is 11.8 Å². The molecule has 0 saturated heterocycles. The van der Waals surface area contributed by atoms with Gasteiger partial charge in [0.15, 0.2) is 5.17 Å². The van der Waals surface area contributed by atoms with Crippen molar-refractivity contribution in [1.82, 2.24) is 10.6 Å². The van der Waals surface area contributed by atoms with E-state index in [0.717, 1.165) is 18.6 Å². The lowest BCUT2D eigenvalue weighted by Gasteiger charge is -2.37. The summed E-state index contributed by atoms with van der Waals surface area (Å²) in [5.74, 6) is -0.596. The Kier molecular flexibility index (Phi) is 6.35. The van der Waals surface area contributed by atoms with E-state index in [0.29, 0.717) is 47.4 Å². The number of carbonyl (C=O) groups is 3. The molecular weight excluding hydrogens is 418 g/mol. The van der Waals surface area contributed by atoms with Crippen molar-refractivity contribution in [2.45, 2.75) is 51.0 Å². The van der Waals surface area contributed by atoms with Gasteiger partial charge in [0, 0.05) is 5.75 Å². The molecule has 1 aromatic carbocycles. The van der Waals surface area contributed by atoms with Crippen LogP contribution in [0.5, 0.6) is 0 Å². The zero-order valence-corrected chi connectivity index (χ0v) is 18.2. The molecule has 31 heavy (non-hydrogen) atoms. The van der Waals surface area contributed by atoms with Gasteiger partial charge < -0.3 is 20.7 Å². The topological polar surface area (TPSA) is 112 Å². The van der Waals surface area contributed by atoms with Gasteiger partial charge in [-0.15, -0.1) is 0 Å². The first-order valence-electron chi connectivity index (χ1n) is 10.6. The SMILES string of the molecule is CC(OC(=O)c1ccc2c(c1)N(C1=NCCS1)C(NC=O)(NC=O)N2)C1CCCCC1. The van der Waals surface area contributed by atoms with Crippen molar-refractivity contribution in [3.63, 3.8) is 0 Å². The fraction of sp³-hybridized carbons (Fsp3) is 0.524. The lowest BCUT2D eigenvalue weighted by atomic mass is 9.86. The van der Waals surface area contributed by atoms with E-state index in [1.54, 1.807) is 23.1 Å². The van der Waals surface area contributed by atoms with E-state index in [1.165, 1.54) is 31.0 Å². The van der Waals surface area contributed by atoms with Crippen molar-refractivity contribution < 1.29 is 19.1 Å². The highest BCUT2D eigenvalue weighted by molar-refractivity contribution is 8.14. The maximum Gasteiger partial charge on any atom is 0.338 e. The van der Waals surface area contributed by atoms with Gasteiger partial charge >= 0.3 is 5.97 Å². The molecule has 1 saturated carbocycles. The monoisotopic (exact) mass is 445 g/mol. The molecule has 9 nitrogen and oxygen atoms in total. The predicted octanol–water partition coefficient (Wildman–Crippen LogP) is 2.25. The molecule has 0 spiro atoms. The van der Waals surface area contributed by atoms with E-state index < -0.39 is 5.91 Å². The largest absolute Gasteiger partial charge is 0.459 e. The first kappa shape index (κ1) is 21.5. The standard InChI is InChI=1S/C21H27N5O4S/c1-14(15-5-3-2-4-6-15)30-19(29)16-7-8-17-18(11-16)26(20-22-9-10-31-20)21(25-17,23-12-27)24-13-28/h7-8,11-15,25H,2-6,9-10H2,1H3,(H,23,27)(H,24,28). The van der Waals surface area contributed by atoms with E-state index >= 15 is 0 Å². The molecule has 1 atom stereocenters. The van der Waals surface area contributed by atoms with Crippen molar-refractivity contribution in [3.8, 4) is 0 Å². The van der Waals surface area contributed by atoms with Gasteiger partial charge in [0.05, 0.1) is 23.5 Å². The number of anilines is 2. The van der Waals surface area contributed by atoms with Gasteiger partial charge in [-0.2, -0.15) is 0 Å². The Balaban J connectivity index is 1.61. The van der Waals surface area contributed by atoms with E-state index in [1.807, 2.05) is 6.92 Å². The van der Waals surface area contributed by atoms with E-state index in [2.05, 4.69) is 20.9 Å². The minimum atomic E-state index is -1.40. The van der Waals surface area contributed by atoms with Gasteiger partial charge in [-0.1, -0.05) is 31.0 Å². The van der Waals surface area contributed by atoms with Crippen LogP contribution in [0.2, 0.25) is 0 Å². The third-order valence-corrected chi connectivity index (χ3v) is 6.98. The van der Waals surface area contributed by atoms with Crippen molar-refractivity contribution in [2.24, 2.45) is 10.9 Å². The minimum Gasteiger partial charge on any atom is -0.459 e. The highest BCUT2D eigenvalue weighted by atomic mass is 32.2. The molecule has 0 bridgehead atoms. The van der Waals surface area contributed by atoms with Crippen molar-refractivity contribution in [2.75, 3.05) is 22.5 Å². The van der Waals surface area contributed by atoms with Gasteiger partial charge in [0.2, 0.25) is 12.8 Å². The summed E-state index contributed by atoms with van der Waals surface area (Å²) in [7, 11) is 0. The fourth-order valence-electron chi connectivity index (χ4n) is 4.44. The van der Waals surface area contributed by atoms with Gasteiger partial charge in [0.25, 0.3) is 5.91 Å². The van der Waals surface area contributed by atoms with E-state index in [-0.39, 0.29) is 12.1 Å². The van der Waals surface area contributed by atoms with Crippen LogP contribution in [0.4, 0.5) is 11.4 Å². The van der Waals surface area contributed by atoms with Crippen LogP contribution in [-0.2, 0) is 14.3 Å². The van der Waals surface area contributed by atoms with Gasteiger partial charge in [-0.05, 0) is 43.9 Å². The first-order chi connectivity index (χ1) is 15.1. The molecule has 2 heterocycles. The lowest BCUT2D eigenvalue weighted by Crippen LogP contribution is -2.70. The number of benzene rings is 1. The second kappa shape index (κ2) is 9.17. The second-order valence-corrected chi connectivity index (χ2v) is 9.01. The zero-order chi connectivity index (χ0) is 21.8. The van der Waals surface area contributed by atoms with Crippen molar-refractivity contribution in [3.05, 3.63) is 23.8 Å². The molecule has 0 aromatic heterocycles. The first-order valence-corrected chi connectivity index (χ1v) is 11.6. The smallest absolute Gasteiger partial charge is 0.338 e. The molecule has 1 aromatic rings. The summed E-state index contributed by atoms with van der Waals surface area (Å²) < 4.78 is 5.79. The normalized spacial score (nSPS) is 20.8. The van der Waals surface area contributed by atoms with Gasteiger partial charge in [0.1, 0.15) is 6.10 Å². The summed E-state index contributed by atoms with van der Waals surface area (Å²) in [6.45, 7) is 2.59. The summed E-state index contributed by atoms with van der Waals surface area (Å²) >= 11 is 1.51. The Morgan fingerprint density at radius 1 is 1.29 bits per heavy atom. The number of amides is 2. The number of fused-ring (bicyclic) bond motifs is 1. The molecule has 3 N–H and O–H groups in total. The van der Waals surface area contributed by atoms with Crippen LogP contribution in [0.15, 0.2) is 23.2 Å². The molecule has 1 fully saturated rings. The minimum absolute atomic E-state index is 0.141. The molecule has 1 unspecified atom stereocenters. The number of hydrogen-bond acceptors (Lipinski definition) is 8. The highest BCUT2D eigenvalue weighted by Gasteiger charge is 2.47. The maximum atomic E-state index is 12.9. The summed E-state index contributed by atoms with van der Waals surface area (Å²) in [5, 5.41) is 9.04. The lowest BCUT2D eigenvalue weighted by molar-refractivity contribution is -0.113. The number of thioether (sulfide) groups is 1. The Labute approximate surface area is 185 Å². The number of ether oxygens (including phenoxy) is 1. The van der Waals surface area contributed by atoms with Crippen LogP contribution in [0.25, 0.3) is 0 Å². The Hall–Kier alpha value is -2.75. The van der Waals surface area contributed by atoms with Crippen LogP contribution in [-0.4, -0.2) is 48.3 Å². The van der Waals surface area contributed by atoms with E-state index in [9.17, 15) is 14.4 Å². The average molecular weight is 446 g/mol. The van der Waals surface area contributed by atoms with Crippen LogP contribution < -0.4 is 20.9 Å². The number of carbonyl (C=O) groups excluding carboxylic acids is 3. The molecule has 2 amide bonds. The predicted molar refractivity (Wildman–Crippen MR) is 120 cm³/mol. The summed E-state index contributed by atoms with van der Waals surface area (Å²) in [5.41, 5.74) is 1.68. The second-order valence-electron chi connectivity index (χ2n) is 7.95. The molecule has 0 radical (unpaired) electrons. The Morgan fingerprint density at radius 2 is 2.03 bits per heavy atom. The van der Waals surface area contributed by atoms with Crippen molar-refractivity contribution >= 4 is 47.1 Å². The average Bonchev–Trinajstić information content (AvgIpc) is 3.39. The highest BCUT2D eigenvalue weighted by Crippen LogP contribution is 2.41. The summed E-state index contributed by atoms with van der Waals surface area (Å²) in [6, 6.07) is 5.13. The van der Waals surface area contributed by atoms with Crippen LogP contribution in [0.3, 0.4) is 0 Å². The maximum absolute atomic E-state index is 12.9. The molecule has 166 valence electrons. The van der Waals surface area contributed by atoms with Gasteiger partial charge in [-0.25, -0.2) is 4.79 Å². The number of aliphatic imine (C=N–C) groups is 1. The zero-order valence-electron chi connectivity index (χ0n) is 17.4. The molecule has 10 heteroatoms. The third kappa shape index (κ3) is 4.21. The number of esters is 1. The number of amidine groups is 1. The van der Waals surface area contributed by atoms with Gasteiger partial charge in [-0.3, -0.25) is 19.5 Å². The number of nitrogens with zero attached hydrogens (tertiary/aromatic N) is 2. The van der Waals surface area contributed by atoms with Crippen LogP contribution in [0.1, 0.15) is 49.4 Å². The Bertz CT molecular complexity index is 877. The van der Waals surface area contributed by atoms with Crippen molar-refractivity contribution in [1.29, 1.82) is 0 Å². The summed E-state index contributed by atoms with van der Waals surface area (Å²) in [4.78, 5) is 41.8. The Morgan fingerprint density at radius 3 is 2.68 bits per heavy atom. The quantitative estimate of drug-likeness (QED) is 0.335. The number of rotatable bonds is 7. The summed E-state index contributed by atoms with van der Waals surface area (Å²) in [6.07, 6.45) is 6.65. The van der Waals surface area contributed by atoms with Crippen LogP contribution in [0, 0.1) is 5.92 Å². The molecule has 3 aliphatic rings. The molecule has 1 aliphatic carbocycles. The number of hydrogen-bond donors (Lipinski definition) is 3. The molecule has 2 aliphatic heterocycles. The third-order valence-electron chi connectivity index (χ3n) is 6.03. The number of nitrogens with one attached hydrogen (secondary N) is 3.